The summed E-state index contributed by atoms with van der Waals surface area (Å²) in [7, 11) is 0. The highest BCUT2D eigenvalue weighted by atomic mass is 35.5. The number of benzene rings is 1. The maximum Gasteiger partial charge on any atom is 0.267 e. The number of halogens is 3. The van der Waals surface area contributed by atoms with Gasteiger partial charge in [-0.25, -0.2) is 8.78 Å². The molecule has 1 aromatic carbocycles. The van der Waals surface area contributed by atoms with E-state index in [1.54, 1.807) is 11.0 Å². The fourth-order valence-electron chi connectivity index (χ4n) is 4.61. The van der Waals surface area contributed by atoms with Crippen LogP contribution >= 0.6 is 11.6 Å². The lowest BCUT2D eigenvalue weighted by atomic mass is 10.0. The molecule has 1 atom stereocenters. The molecule has 10 heteroatoms. The summed E-state index contributed by atoms with van der Waals surface area (Å²) in [4.78, 5) is 30.9. The number of alkyl halides is 2. The van der Waals surface area contributed by atoms with Crippen molar-refractivity contribution in [2.24, 2.45) is 16.5 Å². The van der Waals surface area contributed by atoms with E-state index in [0.717, 1.165) is 25.7 Å². The molecule has 1 saturated heterocycles. The largest absolute Gasteiger partial charge is 0.394 e. The molecule has 2 fully saturated rings. The molecule has 35 heavy (non-hydrogen) atoms. The Morgan fingerprint density at radius 2 is 1.94 bits per heavy atom. The molecule has 1 heterocycles. The Kier molecular flexibility index (Phi) is 9.63. The van der Waals surface area contributed by atoms with Gasteiger partial charge >= 0.3 is 0 Å². The summed E-state index contributed by atoms with van der Waals surface area (Å²) in [5.41, 5.74) is 12.6. The van der Waals surface area contributed by atoms with Gasteiger partial charge in [0.15, 0.2) is 0 Å². The van der Waals surface area contributed by atoms with E-state index in [9.17, 15) is 18.4 Å². The molecule has 192 valence electrons. The van der Waals surface area contributed by atoms with E-state index >= 15 is 0 Å². The molecule has 0 unspecified atom stereocenters. The van der Waals surface area contributed by atoms with Crippen LogP contribution in [0, 0.1) is 0 Å². The second-order valence-electron chi connectivity index (χ2n) is 9.40. The van der Waals surface area contributed by atoms with Gasteiger partial charge in [-0.1, -0.05) is 42.6 Å². The Balaban J connectivity index is 1.71. The van der Waals surface area contributed by atoms with E-state index in [0.29, 0.717) is 42.2 Å². The van der Waals surface area contributed by atoms with Crippen LogP contribution in [-0.2, 0) is 9.59 Å². The van der Waals surface area contributed by atoms with Crippen molar-refractivity contribution in [3.8, 4) is 0 Å². The van der Waals surface area contributed by atoms with Gasteiger partial charge in [0, 0.05) is 36.0 Å². The topological polar surface area (TPSA) is 114 Å². The van der Waals surface area contributed by atoms with Crippen LogP contribution in [0.2, 0.25) is 5.02 Å². The van der Waals surface area contributed by atoms with Crippen LogP contribution in [0.25, 0.3) is 0 Å². The first kappa shape index (κ1) is 27.1. The predicted octanol–water partition coefficient (Wildman–Crippen LogP) is 3.40. The van der Waals surface area contributed by atoms with Gasteiger partial charge in [0.1, 0.15) is 0 Å². The number of hydrogen-bond acceptors (Lipinski definition) is 5. The van der Waals surface area contributed by atoms with Gasteiger partial charge in [-0.05, 0) is 44.4 Å². The molecule has 0 spiro atoms. The van der Waals surface area contributed by atoms with Crippen LogP contribution in [0.4, 0.5) is 8.78 Å². The lowest BCUT2D eigenvalue weighted by Gasteiger charge is -2.33. The summed E-state index contributed by atoms with van der Waals surface area (Å²) in [6.45, 7) is 0.532. The van der Waals surface area contributed by atoms with Crippen molar-refractivity contribution < 1.29 is 18.4 Å². The van der Waals surface area contributed by atoms with Crippen LogP contribution in [0.3, 0.4) is 0 Å². The molecular formula is C25H34ClF2N5O2. The fraction of sp³-hybridized carbons (Fsp3) is 0.560. The number of aliphatic imine (C=N–C) groups is 1. The summed E-state index contributed by atoms with van der Waals surface area (Å²) in [5, 5.41) is 3.24. The van der Waals surface area contributed by atoms with Crippen molar-refractivity contribution in [3.63, 3.8) is 0 Å². The van der Waals surface area contributed by atoms with Crippen LogP contribution in [0.15, 0.2) is 41.0 Å². The minimum absolute atomic E-state index is 0.0827. The van der Waals surface area contributed by atoms with Gasteiger partial charge in [-0.15, -0.1) is 0 Å². The van der Waals surface area contributed by atoms with Crippen LogP contribution in [0.5, 0.6) is 0 Å². The quantitative estimate of drug-likeness (QED) is 0.331. The van der Waals surface area contributed by atoms with E-state index in [1.807, 2.05) is 18.2 Å². The molecule has 2 aliphatic rings. The van der Waals surface area contributed by atoms with Gasteiger partial charge in [0.2, 0.25) is 5.91 Å². The number of nitrogens with zero attached hydrogens (tertiary/aromatic N) is 2. The van der Waals surface area contributed by atoms with Crippen molar-refractivity contribution in [1.82, 2.24) is 10.2 Å². The van der Waals surface area contributed by atoms with Crippen molar-refractivity contribution in [2.75, 3.05) is 19.6 Å². The Hall–Kier alpha value is -2.52. The van der Waals surface area contributed by atoms with E-state index in [2.05, 4.69) is 5.32 Å². The highest BCUT2D eigenvalue weighted by Crippen LogP contribution is 2.27. The number of carbonyl (C=O) groups is 2. The Morgan fingerprint density at radius 1 is 1.23 bits per heavy atom. The first-order chi connectivity index (χ1) is 16.6. The second-order valence-corrected chi connectivity index (χ2v) is 9.80. The minimum atomic E-state index is -2.72. The summed E-state index contributed by atoms with van der Waals surface area (Å²) < 4.78 is 27.4. The zero-order chi connectivity index (χ0) is 25.4. The van der Waals surface area contributed by atoms with Gasteiger partial charge in [0.25, 0.3) is 11.8 Å². The molecule has 1 aliphatic carbocycles. The monoisotopic (exact) mass is 509 g/mol. The highest BCUT2D eigenvalue weighted by Gasteiger charge is 2.35. The highest BCUT2D eigenvalue weighted by molar-refractivity contribution is 6.35. The average molecular weight is 510 g/mol. The minimum Gasteiger partial charge on any atom is -0.394 e. The van der Waals surface area contributed by atoms with Crippen molar-refractivity contribution in [2.45, 2.75) is 69.4 Å². The molecule has 0 bridgehead atoms. The average Bonchev–Trinajstić information content (AvgIpc) is 3.29. The molecule has 5 N–H and O–H groups in total. The van der Waals surface area contributed by atoms with Crippen LogP contribution < -0.4 is 16.8 Å². The zero-order valence-corrected chi connectivity index (χ0v) is 20.6. The molecule has 3 rings (SSSR count). The number of piperidine rings is 1. The van der Waals surface area contributed by atoms with Gasteiger partial charge in [-0.3, -0.25) is 19.5 Å². The summed E-state index contributed by atoms with van der Waals surface area (Å²) in [6.07, 6.45) is 6.09. The van der Waals surface area contributed by atoms with Crippen LogP contribution in [-0.4, -0.2) is 60.1 Å². The molecule has 1 aliphatic heterocycles. The van der Waals surface area contributed by atoms with Crippen molar-refractivity contribution in [3.05, 3.63) is 46.6 Å². The lowest BCUT2D eigenvalue weighted by molar-refractivity contribution is -0.120. The first-order valence-corrected chi connectivity index (χ1v) is 12.5. The molecular weight excluding hydrogens is 476 g/mol. The summed E-state index contributed by atoms with van der Waals surface area (Å²) in [5.74, 6) is -3.89. The van der Waals surface area contributed by atoms with E-state index in [-0.39, 0.29) is 31.1 Å². The summed E-state index contributed by atoms with van der Waals surface area (Å²) in [6, 6.07) is 6.73. The predicted molar refractivity (Wildman–Crippen MR) is 133 cm³/mol. The van der Waals surface area contributed by atoms with Crippen molar-refractivity contribution in [1.29, 1.82) is 0 Å². The normalized spacial score (nSPS) is 20.5. The summed E-state index contributed by atoms with van der Waals surface area (Å²) >= 11 is 6.38. The van der Waals surface area contributed by atoms with Gasteiger partial charge in [-0.2, -0.15) is 0 Å². The maximum atomic E-state index is 13.7. The van der Waals surface area contributed by atoms with E-state index in [1.165, 1.54) is 6.08 Å². The Morgan fingerprint density at radius 3 is 2.60 bits per heavy atom. The SMILES string of the molecule is NC(=O)C[C@H](CCN1CCCC(F)(F)C1)NC(=O)C(N)=CC(=NC1CCCC1)c1ccccc1Cl. The number of allylic oxidation sites excluding steroid dienone is 1. The number of hydrogen-bond donors (Lipinski definition) is 3. The number of nitrogens with two attached hydrogens (primary N) is 2. The number of nitrogens with one attached hydrogen (secondary N) is 1. The van der Waals surface area contributed by atoms with Gasteiger partial charge < -0.3 is 16.8 Å². The third kappa shape index (κ3) is 8.58. The third-order valence-corrected chi connectivity index (χ3v) is 6.73. The smallest absolute Gasteiger partial charge is 0.267 e. The lowest BCUT2D eigenvalue weighted by Crippen LogP contribution is -2.46. The number of primary amides is 1. The van der Waals surface area contributed by atoms with E-state index in [4.69, 9.17) is 28.1 Å². The Labute approximate surface area is 210 Å². The van der Waals surface area contributed by atoms with Gasteiger partial charge in [0.05, 0.1) is 24.0 Å². The molecule has 1 aromatic rings. The first-order valence-electron chi connectivity index (χ1n) is 12.1. The standard InChI is InChI=1S/C25H34ClF2N5O2/c26-20-9-4-3-8-19(20)22(31-17-6-1-2-7-17)15-21(29)24(35)32-18(14-23(30)34)10-13-33-12-5-11-25(27,28)16-33/h3-4,8-9,15,17-18H,1-2,5-7,10-14,16,29H2,(H2,30,34)(H,32,35)/t18-/m0/s1. The third-order valence-electron chi connectivity index (χ3n) is 6.40. The molecule has 0 aromatic heterocycles. The molecule has 7 nitrogen and oxygen atoms in total. The van der Waals surface area contributed by atoms with E-state index < -0.39 is 23.8 Å². The number of rotatable bonds is 10. The molecule has 2 amide bonds. The Bertz CT molecular complexity index is 963. The zero-order valence-electron chi connectivity index (χ0n) is 19.8. The number of likely N-dealkylation sites (tertiary alicyclic amines) is 1. The molecule has 1 saturated carbocycles. The van der Waals surface area contributed by atoms with Crippen molar-refractivity contribution >= 4 is 29.1 Å². The van der Waals surface area contributed by atoms with Crippen LogP contribution in [0.1, 0.15) is 56.9 Å². The number of amides is 2. The second kappa shape index (κ2) is 12.4. The maximum absolute atomic E-state index is 13.7. The fourth-order valence-corrected chi connectivity index (χ4v) is 4.84. The number of carbonyl (C=O) groups excluding carboxylic acids is 2. The molecule has 0 radical (unpaired) electrons.